The minimum absolute atomic E-state index is 0.127. The highest BCUT2D eigenvalue weighted by atomic mass is 19.4. The van der Waals surface area contributed by atoms with E-state index in [-0.39, 0.29) is 18.1 Å². The van der Waals surface area contributed by atoms with Gasteiger partial charge in [-0.25, -0.2) is 0 Å². The van der Waals surface area contributed by atoms with Gasteiger partial charge in [-0.2, -0.15) is 5.06 Å². The number of carbonyl (C=O) groups is 1. The molecule has 0 saturated heterocycles. The van der Waals surface area contributed by atoms with Gasteiger partial charge in [-0.15, -0.1) is 26.3 Å². The van der Waals surface area contributed by atoms with E-state index in [0.29, 0.717) is 28.4 Å². The topological polar surface area (TPSA) is 74.2 Å². The van der Waals surface area contributed by atoms with Crippen LogP contribution in [-0.4, -0.2) is 34.9 Å². The van der Waals surface area contributed by atoms with Gasteiger partial charge in [0.05, 0.1) is 5.70 Å². The maximum Gasteiger partial charge on any atom is 0.573 e. The predicted octanol–water partition coefficient (Wildman–Crippen LogP) is 4.35. The van der Waals surface area contributed by atoms with Crippen molar-refractivity contribution in [1.29, 1.82) is 0 Å². The summed E-state index contributed by atoms with van der Waals surface area (Å²) in [7, 11) is 0. The standard InChI is InChI=1S/C18H20F3N3O3.C2H4/c1-4-22-17-16(11(2)3)14(9-15(25)24(17)26)23-10-12-6-5-7-13(8-12)27-18(19,20)21;1-2/h5-9,23,26H,4,10H2,1-3H3;1-2H2. The Morgan fingerprint density at radius 1 is 1.31 bits per heavy atom. The van der Waals surface area contributed by atoms with Gasteiger partial charge >= 0.3 is 6.36 Å². The van der Waals surface area contributed by atoms with E-state index in [2.05, 4.69) is 28.2 Å². The van der Waals surface area contributed by atoms with Crippen LogP contribution in [0.4, 0.5) is 13.2 Å². The third kappa shape index (κ3) is 6.79. The van der Waals surface area contributed by atoms with Gasteiger partial charge < -0.3 is 10.1 Å². The zero-order valence-electron chi connectivity index (χ0n) is 16.5. The van der Waals surface area contributed by atoms with Crippen molar-refractivity contribution in [3.05, 3.63) is 65.9 Å². The number of hydrogen-bond acceptors (Lipinski definition) is 5. The number of allylic oxidation sites excluding steroid dienone is 1. The van der Waals surface area contributed by atoms with Gasteiger partial charge in [-0.3, -0.25) is 15.0 Å². The van der Waals surface area contributed by atoms with Crippen LogP contribution in [0.3, 0.4) is 0 Å². The fraction of sp³-hybridized carbons (Fsp3) is 0.300. The molecule has 1 aromatic rings. The van der Waals surface area contributed by atoms with Gasteiger partial charge in [0.25, 0.3) is 5.91 Å². The summed E-state index contributed by atoms with van der Waals surface area (Å²) in [5, 5.41) is 13.5. The van der Waals surface area contributed by atoms with Crippen molar-refractivity contribution in [1.82, 2.24) is 10.4 Å². The molecule has 0 aromatic heterocycles. The summed E-state index contributed by atoms with van der Waals surface area (Å²) in [6.07, 6.45) is -3.55. The monoisotopic (exact) mass is 411 g/mol. The number of amides is 1. The molecule has 0 spiro atoms. The van der Waals surface area contributed by atoms with Crippen LogP contribution < -0.4 is 10.1 Å². The number of aliphatic imine (C=N–C) groups is 1. The third-order valence-corrected chi connectivity index (χ3v) is 3.59. The summed E-state index contributed by atoms with van der Waals surface area (Å²) in [5.74, 6) is -0.863. The molecule has 0 fully saturated rings. The highest BCUT2D eigenvalue weighted by Crippen LogP contribution is 2.25. The smallest absolute Gasteiger partial charge is 0.406 e. The Hall–Kier alpha value is -3.07. The minimum atomic E-state index is -4.77. The van der Waals surface area contributed by atoms with E-state index in [9.17, 15) is 23.2 Å². The zero-order valence-corrected chi connectivity index (χ0v) is 16.5. The first kappa shape index (κ1) is 24.0. The van der Waals surface area contributed by atoms with Crippen LogP contribution in [-0.2, 0) is 11.3 Å². The van der Waals surface area contributed by atoms with E-state index in [0.717, 1.165) is 5.57 Å². The molecule has 1 aliphatic rings. The zero-order chi connectivity index (χ0) is 22.2. The van der Waals surface area contributed by atoms with Gasteiger partial charge in [0.2, 0.25) is 0 Å². The summed E-state index contributed by atoms with van der Waals surface area (Å²) >= 11 is 0. The Kier molecular flexibility index (Phi) is 8.65. The number of alkyl halides is 3. The second-order valence-electron chi connectivity index (χ2n) is 5.93. The van der Waals surface area contributed by atoms with Gasteiger partial charge in [-0.1, -0.05) is 17.7 Å². The molecular formula is C20H24F3N3O3. The highest BCUT2D eigenvalue weighted by Gasteiger charge is 2.31. The molecule has 158 valence electrons. The Labute approximate surface area is 167 Å². The lowest BCUT2D eigenvalue weighted by Crippen LogP contribution is -2.41. The highest BCUT2D eigenvalue weighted by molar-refractivity contribution is 6.15. The summed E-state index contributed by atoms with van der Waals surface area (Å²) in [4.78, 5) is 16.2. The van der Waals surface area contributed by atoms with Crippen molar-refractivity contribution in [2.45, 2.75) is 33.7 Å². The first-order valence-corrected chi connectivity index (χ1v) is 8.68. The van der Waals surface area contributed by atoms with E-state index >= 15 is 0 Å². The maximum absolute atomic E-state index is 12.4. The molecule has 0 saturated carbocycles. The SMILES string of the molecule is C=C.CCN=C1C(=C(C)C)C(NCc2cccc(OC(F)(F)F)c2)=CC(=O)N1O. The van der Waals surface area contributed by atoms with Crippen molar-refractivity contribution in [3.63, 3.8) is 0 Å². The number of rotatable bonds is 5. The molecule has 0 atom stereocenters. The Bertz CT molecular complexity index is 826. The fourth-order valence-corrected chi connectivity index (χ4v) is 2.57. The number of benzene rings is 1. The van der Waals surface area contributed by atoms with Crippen molar-refractivity contribution >= 4 is 11.7 Å². The summed E-state index contributed by atoms with van der Waals surface area (Å²) in [6.45, 7) is 11.9. The Morgan fingerprint density at radius 3 is 2.52 bits per heavy atom. The van der Waals surface area contributed by atoms with Crippen LogP contribution in [0.15, 0.2) is 65.3 Å². The van der Waals surface area contributed by atoms with Crippen LogP contribution >= 0.6 is 0 Å². The van der Waals surface area contributed by atoms with Crippen molar-refractivity contribution < 1.29 is 27.9 Å². The van der Waals surface area contributed by atoms with Crippen LogP contribution in [0.2, 0.25) is 0 Å². The number of hydrogen-bond donors (Lipinski definition) is 2. The molecule has 0 aliphatic carbocycles. The van der Waals surface area contributed by atoms with Crippen molar-refractivity contribution in [2.24, 2.45) is 4.99 Å². The number of nitrogens with zero attached hydrogens (tertiary/aromatic N) is 2. The van der Waals surface area contributed by atoms with Crippen molar-refractivity contribution in [3.8, 4) is 5.75 Å². The van der Waals surface area contributed by atoms with Gasteiger partial charge in [0.15, 0.2) is 5.84 Å². The normalized spacial score (nSPS) is 15.5. The van der Waals surface area contributed by atoms with Crippen molar-refractivity contribution in [2.75, 3.05) is 6.54 Å². The lowest BCUT2D eigenvalue weighted by molar-refractivity contribution is -0.274. The van der Waals surface area contributed by atoms with Gasteiger partial charge in [0.1, 0.15) is 5.75 Å². The largest absolute Gasteiger partial charge is 0.573 e. The minimum Gasteiger partial charge on any atom is -0.406 e. The molecule has 0 radical (unpaired) electrons. The molecule has 2 N–H and O–H groups in total. The van der Waals surface area contributed by atoms with E-state index in [1.165, 1.54) is 24.3 Å². The first-order valence-electron chi connectivity index (χ1n) is 8.68. The van der Waals surface area contributed by atoms with Crippen LogP contribution in [0.5, 0.6) is 5.75 Å². The number of ether oxygens (including phenoxy) is 1. The van der Waals surface area contributed by atoms with Crippen LogP contribution in [0, 0.1) is 0 Å². The lowest BCUT2D eigenvalue weighted by Gasteiger charge is -2.27. The molecular weight excluding hydrogens is 387 g/mol. The molecule has 1 aliphatic heterocycles. The van der Waals surface area contributed by atoms with Gasteiger partial charge in [-0.05, 0) is 38.5 Å². The van der Waals surface area contributed by atoms with E-state index in [4.69, 9.17) is 0 Å². The molecule has 1 amide bonds. The number of amidine groups is 1. The number of carbonyl (C=O) groups excluding carboxylic acids is 1. The third-order valence-electron chi connectivity index (χ3n) is 3.59. The summed E-state index contributed by atoms with van der Waals surface area (Å²) in [6, 6.07) is 5.54. The molecule has 9 heteroatoms. The lowest BCUT2D eigenvalue weighted by atomic mass is 10.0. The predicted molar refractivity (Wildman–Crippen MR) is 104 cm³/mol. The Balaban J connectivity index is 0.00000204. The molecule has 2 rings (SSSR count). The second kappa shape index (κ2) is 10.5. The summed E-state index contributed by atoms with van der Waals surface area (Å²) < 4.78 is 41.0. The molecule has 0 unspecified atom stereocenters. The summed E-state index contributed by atoms with van der Waals surface area (Å²) in [5.41, 5.74) is 2.32. The number of hydroxylamine groups is 2. The van der Waals surface area contributed by atoms with E-state index in [1.807, 2.05) is 0 Å². The number of halogens is 3. The van der Waals surface area contributed by atoms with E-state index in [1.54, 1.807) is 26.8 Å². The molecule has 6 nitrogen and oxygen atoms in total. The molecule has 1 heterocycles. The quantitative estimate of drug-likeness (QED) is 0.558. The van der Waals surface area contributed by atoms with E-state index < -0.39 is 12.3 Å². The molecule has 0 bridgehead atoms. The van der Waals surface area contributed by atoms with Crippen LogP contribution in [0.25, 0.3) is 0 Å². The average Bonchev–Trinajstić information content (AvgIpc) is 2.64. The average molecular weight is 411 g/mol. The van der Waals surface area contributed by atoms with Crippen LogP contribution in [0.1, 0.15) is 26.3 Å². The first-order chi connectivity index (χ1) is 13.6. The maximum atomic E-state index is 12.4. The Morgan fingerprint density at radius 2 is 1.97 bits per heavy atom. The molecule has 29 heavy (non-hydrogen) atoms. The fourth-order valence-electron chi connectivity index (χ4n) is 2.57. The second-order valence-corrected chi connectivity index (χ2v) is 5.93. The number of nitrogens with one attached hydrogen (secondary N) is 1. The van der Waals surface area contributed by atoms with Gasteiger partial charge in [0, 0.05) is 24.7 Å². The molecule has 1 aromatic carbocycles.